The number of aliphatic hydroxyl groups is 5. The lowest BCUT2D eigenvalue weighted by molar-refractivity contribution is -0.254. The fourth-order valence-corrected chi connectivity index (χ4v) is 2.11. The molecule has 1 aromatic heterocycles. The summed E-state index contributed by atoms with van der Waals surface area (Å²) < 4.78 is 6.57. The molecule has 1 fully saturated rings. The molecule has 0 amide bonds. The van der Waals surface area contributed by atoms with E-state index in [1.807, 2.05) is 0 Å². The third kappa shape index (κ3) is 2.97. The summed E-state index contributed by atoms with van der Waals surface area (Å²) in [5, 5.41) is 54.8. The highest BCUT2D eigenvalue weighted by atomic mass is 16.6. The molecule has 9 nitrogen and oxygen atoms in total. The lowest BCUT2D eigenvalue weighted by atomic mass is 9.98. The zero-order valence-electron chi connectivity index (χ0n) is 10.8. The van der Waals surface area contributed by atoms with Crippen molar-refractivity contribution < 1.29 is 30.3 Å². The van der Waals surface area contributed by atoms with Gasteiger partial charge in [0.05, 0.1) is 18.5 Å². The van der Waals surface area contributed by atoms with Crippen LogP contribution in [0.3, 0.4) is 0 Å². The van der Waals surface area contributed by atoms with Gasteiger partial charge in [0.15, 0.2) is 6.23 Å². The van der Waals surface area contributed by atoms with Gasteiger partial charge in [-0.1, -0.05) is 5.21 Å². The number of rotatable bonds is 5. The summed E-state index contributed by atoms with van der Waals surface area (Å²) in [7, 11) is 0. The first-order chi connectivity index (χ1) is 9.58. The van der Waals surface area contributed by atoms with Crippen molar-refractivity contribution in [2.45, 2.75) is 43.5 Å². The van der Waals surface area contributed by atoms with Crippen LogP contribution in [-0.2, 0) is 11.2 Å². The van der Waals surface area contributed by atoms with E-state index in [2.05, 4.69) is 10.3 Å². The van der Waals surface area contributed by atoms with Crippen LogP contribution in [0.2, 0.25) is 0 Å². The maximum atomic E-state index is 9.91. The second kappa shape index (κ2) is 6.57. The van der Waals surface area contributed by atoms with Gasteiger partial charge >= 0.3 is 0 Å². The SMILES string of the molecule is OCCCc1cn([C@@H]2O[C@H](CO)[C@@H](O)[C@H](O)[C@H]2O)nn1. The average Bonchev–Trinajstić information content (AvgIpc) is 2.91. The van der Waals surface area contributed by atoms with E-state index in [1.54, 1.807) is 0 Å². The molecule has 9 heteroatoms. The van der Waals surface area contributed by atoms with Crippen LogP contribution in [0.15, 0.2) is 6.20 Å². The van der Waals surface area contributed by atoms with Crippen molar-refractivity contribution in [3.05, 3.63) is 11.9 Å². The first kappa shape index (κ1) is 15.3. The Hall–Kier alpha value is -1.10. The maximum absolute atomic E-state index is 9.91. The largest absolute Gasteiger partial charge is 0.396 e. The van der Waals surface area contributed by atoms with Crippen molar-refractivity contribution in [3.8, 4) is 0 Å². The minimum absolute atomic E-state index is 0.0346. The fraction of sp³-hybridized carbons (Fsp3) is 0.818. The van der Waals surface area contributed by atoms with E-state index >= 15 is 0 Å². The summed E-state index contributed by atoms with van der Waals surface area (Å²) in [5.74, 6) is 0. The summed E-state index contributed by atoms with van der Waals surface area (Å²) in [6.07, 6.45) is -3.67. The van der Waals surface area contributed by atoms with Crippen LogP contribution in [-0.4, -0.2) is 78.2 Å². The number of aromatic nitrogens is 3. The molecule has 1 aromatic rings. The summed E-state index contributed by atoms with van der Waals surface area (Å²) >= 11 is 0. The third-order valence-electron chi connectivity index (χ3n) is 3.28. The Morgan fingerprint density at radius 2 is 1.90 bits per heavy atom. The van der Waals surface area contributed by atoms with Gasteiger partial charge < -0.3 is 30.3 Å². The number of aryl methyl sites for hydroxylation is 1. The van der Waals surface area contributed by atoms with Gasteiger partial charge in [0.2, 0.25) is 0 Å². The second-order valence-corrected chi connectivity index (χ2v) is 4.74. The topological polar surface area (TPSA) is 141 Å². The van der Waals surface area contributed by atoms with E-state index in [4.69, 9.17) is 14.9 Å². The Bertz CT molecular complexity index is 426. The van der Waals surface area contributed by atoms with Crippen LogP contribution in [0.1, 0.15) is 18.3 Å². The van der Waals surface area contributed by atoms with E-state index in [-0.39, 0.29) is 6.61 Å². The molecule has 0 spiro atoms. The maximum Gasteiger partial charge on any atom is 0.180 e. The summed E-state index contributed by atoms with van der Waals surface area (Å²) in [6.45, 7) is -0.458. The number of nitrogens with zero attached hydrogens (tertiary/aromatic N) is 3. The quantitative estimate of drug-likeness (QED) is 0.391. The van der Waals surface area contributed by atoms with Crippen molar-refractivity contribution in [1.29, 1.82) is 0 Å². The van der Waals surface area contributed by atoms with Crippen molar-refractivity contribution in [2.75, 3.05) is 13.2 Å². The summed E-state index contributed by atoms with van der Waals surface area (Å²) in [4.78, 5) is 0. The second-order valence-electron chi connectivity index (χ2n) is 4.74. The molecular formula is C11H19N3O6. The van der Waals surface area contributed by atoms with Crippen LogP contribution in [0.4, 0.5) is 0 Å². The van der Waals surface area contributed by atoms with Crippen molar-refractivity contribution in [1.82, 2.24) is 15.0 Å². The molecule has 20 heavy (non-hydrogen) atoms. The van der Waals surface area contributed by atoms with Crippen LogP contribution in [0.25, 0.3) is 0 Å². The van der Waals surface area contributed by atoms with Gasteiger partial charge in [-0.05, 0) is 12.8 Å². The molecule has 1 aliphatic rings. The highest BCUT2D eigenvalue weighted by molar-refractivity contribution is 4.96. The predicted octanol–water partition coefficient (Wildman–Crippen LogP) is -2.82. The van der Waals surface area contributed by atoms with Crippen molar-refractivity contribution >= 4 is 0 Å². The Balaban J connectivity index is 2.12. The van der Waals surface area contributed by atoms with E-state index in [0.717, 1.165) is 0 Å². The van der Waals surface area contributed by atoms with Gasteiger partial charge in [-0.2, -0.15) is 0 Å². The lowest BCUT2D eigenvalue weighted by Gasteiger charge is -2.39. The van der Waals surface area contributed by atoms with Gasteiger partial charge in [-0.25, -0.2) is 4.68 Å². The van der Waals surface area contributed by atoms with Crippen LogP contribution in [0, 0.1) is 0 Å². The Morgan fingerprint density at radius 3 is 2.55 bits per heavy atom. The molecule has 0 aliphatic carbocycles. The summed E-state index contributed by atoms with van der Waals surface area (Å²) in [6, 6.07) is 0. The molecule has 0 aromatic carbocycles. The standard InChI is InChI=1S/C11H19N3O6/c15-3-1-2-6-4-14(13-12-6)11-10(19)9(18)8(17)7(5-16)20-11/h4,7-11,15-19H,1-3,5H2/t7-,8-,9+,10-,11-/m1/s1. The van der Waals surface area contributed by atoms with Gasteiger partial charge in [0.25, 0.3) is 0 Å². The minimum Gasteiger partial charge on any atom is -0.396 e. The molecule has 0 saturated carbocycles. The highest BCUT2D eigenvalue weighted by Gasteiger charge is 2.44. The molecular weight excluding hydrogens is 270 g/mol. The molecule has 5 N–H and O–H groups in total. The zero-order valence-corrected chi connectivity index (χ0v) is 10.8. The van der Waals surface area contributed by atoms with Gasteiger partial charge in [0.1, 0.15) is 24.4 Å². The lowest BCUT2D eigenvalue weighted by Crippen LogP contribution is -2.56. The molecule has 5 atom stereocenters. The molecule has 0 radical (unpaired) electrons. The fourth-order valence-electron chi connectivity index (χ4n) is 2.11. The zero-order chi connectivity index (χ0) is 14.7. The smallest absolute Gasteiger partial charge is 0.180 e. The van der Waals surface area contributed by atoms with Crippen LogP contribution in [0.5, 0.6) is 0 Å². The normalized spacial score (nSPS) is 34.4. The highest BCUT2D eigenvalue weighted by Crippen LogP contribution is 2.27. The van der Waals surface area contributed by atoms with Crippen molar-refractivity contribution in [2.24, 2.45) is 0 Å². The van der Waals surface area contributed by atoms with E-state index in [0.29, 0.717) is 18.5 Å². The molecule has 1 aliphatic heterocycles. The predicted molar refractivity (Wildman–Crippen MR) is 64.4 cm³/mol. The molecule has 0 unspecified atom stereocenters. The van der Waals surface area contributed by atoms with Crippen LogP contribution < -0.4 is 0 Å². The number of hydrogen-bond donors (Lipinski definition) is 5. The Morgan fingerprint density at radius 1 is 1.15 bits per heavy atom. The number of ether oxygens (including phenoxy) is 1. The molecule has 2 rings (SSSR count). The number of hydrogen-bond acceptors (Lipinski definition) is 8. The summed E-state index contributed by atoms with van der Waals surface area (Å²) in [5.41, 5.74) is 0.607. The molecule has 1 saturated heterocycles. The molecule has 114 valence electrons. The van der Waals surface area contributed by atoms with Crippen molar-refractivity contribution in [3.63, 3.8) is 0 Å². The van der Waals surface area contributed by atoms with E-state index in [1.165, 1.54) is 10.9 Å². The van der Waals surface area contributed by atoms with Gasteiger partial charge in [-0.3, -0.25) is 0 Å². The van der Waals surface area contributed by atoms with E-state index < -0.39 is 37.3 Å². The Labute approximate surface area is 115 Å². The monoisotopic (exact) mass is 289 g/mol. The third-order valence-corrected chi connectivity index (χ3v) is 3.28. The van der Waals surface area contributed by atoms with Gasteiger partial charge in [0, 0.05) is 6.61 Å². The molecule has 2 heterocycles. The average molecular weight is 289 g/mol. The van der Waals surface area contributed by atoms with Gasteiger partial charge in [-0.15, -0.1) is 5.10 Å². The first-order valence-corrected chi connectivity index (χ1v) is 6.40. The van der Waals surface area contributed by atoms with Crippen LogP contribution >= 0.6 is 0 Å². The number of aliphatic hydroxyl groups excluding tert-OH is 5. The Kier molecular flexibility index (Phi) is 5.02. The van der Waals surface area contributed by atoms with E-state index in [9.17, 15) is 15.3 Å². The first-order valence-electron chi connectivity index (χ1n) is 6.40. The molecule has 0 bridgehead atoms. The minimum atomic E-state index is -1.45.